The molecule has 4 N–H and O–H groups in total. The first-order valence-electron chi connectivity index (χ1n) is 5.28. The van der Waals surface area contributed by atoms with Gasteiger partial charge in [0.05, 0.1) is 11.5 Å². The third kappa shape index (κ3) is 2.77. The summed E-state index contributed by atoms with van der Waals surface area (Å²) in [6.45, 7) is 4.99. The number of aryl methyl sites for hydroxylation is 1. The van der Waals surface area contributed by atoms with Crippen LogP contribution in [-0.2, 0) is 10.0 Å². The van der Waals surface area contributed by atoms with Crippen LogP contribution in [0.4, 0.5) is 5.69 Å². The van der Waals surface area contributed by atoms with Crippen molar-refractivity contribution in [3.8, 4) is 0 Å². The molecule has 0 unspecified atom stereocenters. The maximum Gasteiger partial charge on any atom is 0.241 e. The minimum atomic E-state index is -3.62. The van der Waals surface area contributed by atoms with Crippen molar-refractivity contribution in [3.05, 3.63) is 22.8 Å². The van der Waals surface area contributed by atoms with E-state index in [-0.39, 0.29) is 18.0 Å². The molecule has 0 heterocycles. The second-order valence-corrected chi connectivity index (χ2v) is 5.69. The molecule has 0 fully saturated rings. The molecule has 1 aromatic carbocycles. The summed E-state index contributed by atoms with van der Waals surface area (Å²) in [4.78, 5) is 0.212. The lowest BCUT2D eigenvalue weighted by molar-refractivity contribution is 0.301. The molecule has 0 spiro atoms. The molecular formula is C11H18N2O3S. The van der Waals surface area contributed by atoms with E-state index in [4.69, 9.17) is 10.8 Å². The van der Waals surface area contributed by atoms with E-state index in [9.17, 15) is 8.42 Å². The van der Waals surface area contributed by atoms with Crippen molar-refractivity contribution >= 4 is 15.7 Å². The van der Waals surface area contributed by atoms with Crippen LogP contribution >= 0.6 is 0 Å². The molecule has 0 aromatic heterocycles. The molecule has 0 aliphatic carbocycles. The summed E-state index contributed by atoms with van der Waals surface area (Å²) < 4.78 is 26.4. The number of nitrogens with two attached hydrogens (primary N) is 1. The van der Waals surface area contributed by atoms with E-state index in [1.54, 1.807) is 19.9 Å². The Kier molecular flexibility index (Phi) is 4.13. The molecule has 0 aliphatic rings. The lowest BCUT2D eigenvalue weighted by Crippen LogP contribution is -2.28. The predicted molar refractivity (Wildman–Crippen MR) is 67.3 cm³/mol. The Bertz CT molecular complexity index is 498. The van der Waals surface area contributed by atoms with Crippen LogP contribution in [0, 0.1) is 20.8 Å². The summed E-state index contributed by atoms with van der Waals surface area (Å²) in [6, 6.07) is 1.76. The highest BCUT2D eigenvalue weighted by atomic mass is 32.2. The van der Waals surface area contributed by atoms with Crippen molar-refractivity contribution in [2.75, 3.05) is 18.9 Å². The van der Waals surface area contributed by atoms with E-state index >= 15 is 0 Å². The van der Waals surface area contributed by atoms with Gasteiger partial charge in [-0.2, -0.15) is 0 Å². The monoisotopic (exact) mass is 258 g/mol. The van der Waals surface area contributed by atoms with Crippen molar-refractivity contribution in [1.29, 1.82) is 0 Å². The highest BCUT2D eigenvalue weighted by Gasteiger charge is 2.21. The quantitative estimate of drug-likeness (QED) is 0.684. The Morgan fingerprint density at radius 2 is 1.88 bits per heavy atom. The van der Waals surface area contributed by atoms with Crippen LogP contribution in [-0.4, -0.2) is 26.7 Å². The molecule has 1 aromatic rings. The lowest BCUT2D eigenvalue weighted by Gasteiger charge is -2.15. The summed E-state index contributed by atoms with van der Waals surface area (Å²) in [7, 11) is -3.62. The van der Waals surface area contributed by atoms with Gasteiger partial charge in [-0.15, -0.1) is 0 Å². The lowest BCUT2D eigenvalue weighted by atomic mass is 10.1. The van der Waals surface area contributed by atoms with Gasteiger partial charge >= 0.3 is 0 Å². The topological polar surface area (TPSA) is 92.4 Å². The largest absolute Gasteiger partial charge is 0.398 e. The number of aliphatic hydroxyl groups is 1. The van der Waals surface area contributed by atoms with Gasteiger partial charge in [0.2, 0.25) is 10.0 Å². The minimum Gasteiger partial charge on any atom is -0.398 e. The Morgan fingerprint density at radius 1 is 1.29 bits per heavy atom. The first-order chi connectivity index (χ1) is 7.81. The van der Waals surface area contributed by atoms with Gasteiger partial charge in [0.15, 0.2) is 0 Å². The van der Waals surface area contributed by atoms with Crippen molar-refractivity contribution < 1.29 is 13.5 Å². The molecule has 1 rings (SSSR count). The standard InChI is InChI=1S/C11H18N2O3S/c1-7-6-10(12)9(3)11(8(7)2)17(15,16)13-4-5-14/h6,13-14H,4-5,12H2,1-3H3. The highest BCUT2D eigenvalue weighted by Crippen LogP contribution is 2.27. The summed E-state index contributed by atoms with van der Waals surface area (Å²) in [5.74, 6) is 0. The number of benzene rings is 1. The molecule has 96 valence electrons. The number of anilines is 1. The van der Waals surface area contributed by atoms with Gasteiger partial charge in [0.1, 0.15) is 0 Å². The number of hydrogen-bond acceptors (Lipinski definition) is 4. The average Bonchev–Trinajstić information content (AvgIpc) is 2.24. The third-order valence-corrected chi connectivity index (χ3v) is 4.48. The third-order valence-electron chi connectivity index (χ3n) is 2.75. The number of rotatable bonds is 4. The smallest absolute Gasteiger partial charge is 0.241 e. The Labute approximate surface area is 102 Å². The zero-order chi connectivity index (χ0) is 13.2. The van der Waals surface area contributed by atoms with Crippen molar-refractivity contribution in [3.63, 3.8) is 0 Å². The van der Waals surface area contributed by atoms with E-state index in [2.05, 4.69) is 4.72 Å². The van der Waals surface area contributed by atoms with Gasteiger partial charge in [-0.3, -0.25) is 0 Å². The SMILES string of the molecule is Cc1cc(N)c(C)c(S(=O)(=O)NCCO)c1C. The van der Waals surface area contributed by atoms with Crippen molar-refractivity contribution in [1.82, 2.24) is 4.72 Å². The van der Waals surface area contributed by atoms with Crippen LogP contribution < -0.4 is 10.5 Å². The van der Waals surface area contributed by atoms with Gasteiger partial charge < -0.3 is 10.8 Å². The number of aliphatic hydroxyl groups excluding tert-OH is 1. The molecule has 0 radical (unpaired) electrons. The maximum atomic E-state index is 12.1. The summed E-state index contributed by atoms with van der Waals surface area (Å²) in [6.07, 6.45) is 0. The van der Waals surface area contributed by atoms with Crippen LogP contribution in [0.2, 0.25) is 0 Å². The van der Waals surface area contributed by atoms with Gasteiger partial charge in [-0.05, 0) is 43.5 Å². The van der Waals surface area contributed by atoms with Crippen LogP contribution in [0.25, 0.3) is 0 Å². The van der Waals surface area contributed by atoms with Crippen LogP contribution in [0.1, 0.15) is 16.7 Å². The van der Waals surface area contributed by atoms with Gasteiger partial charge in [0, 0.05) is 12.2 Å². The first-order valence-corrected chi connectivity index (χ1v) is 6.76. The van der Waals surface area contributed by atoms with Crippen molar-refractivity contribution in [2.24, 2.45) is 0 Å². The van der Waals surface area contributed by atoms with E-state index in [1.165, 1.54) is 0 Å². The average molecular weight is 258 g/mol. The number of sulfonamides is 1. The fourth-order valence-corrected chi connectivity index (χ4v) is 3.29. The first kappa shape index (κ1) is 14.0. The highest BCUT2D eigenvalue weighted by molar-refractivity contribution is 7.89. The van der Waals surface area contributed by atoms with E-state index in [0.29, 0.717) is 16.8 Å². The number of nitrogens with one attached hydrogen (secondary N) is 1. The van der Waals surface area contributed by atoms with Crippen LogP contribution in [0.15, 0.2) is 11.0 Å². The van der Waals surface area contributed by atoms with Crippen LogP contribution in [0.3, 0.4) is 0 Å². The Hall–Kier alpha value is -1.11. The fraction of sp³-hybridized carbons (Fsp3) is 0.455. The predicted octanol–water partition coefficient (Wildman–Crippen LogP) is 0.465. The van der Waals surface area contributed by atoms with Gasteiger partial charge in [-0.25, -0.2) is 13.1 Å². The summed E-state index contributed by atoms with van der Waals surface area (Å²) in [5, 5.41) is 8.67. The normalized spacial score (nSPS) is 11.8. The van der Waals surface area contributed by atoms with Crippen LogP contribution in [0.5, 0.6) is 0 Å². The Balaban J connectivity index is 3.40. The fourth-order valence-electron chi connectivity index (χ4n) is 1.70. The van der Waals surface area contributed by atoms with Gasteiger partial charge in [0.25, 0.3) is 0 Å². The molecule has 0 bridgehead atoms. The molecule has 0 atom stereocenters. The number of nitrogen functional groups attached to an aromatic ring is 1. The maximum absolute atomic E-state index is 12.1. The molecule has 6 heteroatoms. The zero-order valence-electron chi connectivity index (χ0n) is 10.2. The second-order valence-electron chi connectivity index (χ2n) is 3.98. The molecule has 0 aliphatic heterocycles. The zero-order valence-corrected chi connectivity index (χ0v) is 11.1. The molecule has 5 nitrogen and oxygen atoms in total. The molecule has 0 saturated heterocycles. The summed E-state index contributed by atoms with van der Waals surface area (Å²) in [5.41, 5.74) is 8.28. The van der Waals surface area contributed by atoms with Gasteiger partial charge in [-0.1, -0.05) is 0 Å². The minimum absolute atomic E-state index is 0.00490. The van der Waals surface area contributed by atoms with Crippen molar-refractivity contribution in [2.45, 2.75) is 25.7 Å². The van der Waals surface area contributed by atoms with E-state index in [1.807, 2.05) is 6.92 Å². The Morgan fingerprint density at radius 3 is 2.41 bits per heavy atom. The summed E-state index contributed by atoms with van der Waals surface area (Å²) >= 11 is 0. The molecule has 0 saturated carbocycles. The number of hydrogen-bond donors (Lipinski definition) is 3. The molecular weight excluding hydrogens is 240 g/mol. The van der Waals surface area contributed by atoms with E-state index in [0.717, 1.165) is 5.56 Å². The molecule has 0 amide bonds. The van der Waals surface area contributed by atoms with E-state index < -0.39 is 10.0 Å². The second kappa shape index (κ2) is 5.03. The molecule has 17 heavy (non-hydrogen) atoms.